The normalized spacial score (nSPS) is 15.2. The van der Waals surface area contributed by atoms with Crippen LogP contribution in [-0.4, -0.2) is 41.4 Å². The van der Waals surface area contributed by atoms with Crippen LogP contribution < -0.4 is 9.80 Å². The molecule has 0 aliphatic carbocycles. The lowest BCUT2D eigenvalue weighted by atomic mass is 9.90. The summed E-state index contributed by atoms with van der Waals surface area (Å²) in [6.07, 6.45) is 7.61. The zero-order valence-corrected chi connectivity index (χ0v) is 16.1. The van der Waals surface area contributed by atoms with Crippen LogP contribution in [0.3, 0.4) is 0 Å². The molecular weight excluding hydrogens is 322 g/mol. The second kappa shape index (κ2) is 9.51. The van der Waals surface area contributed by atoms with Crippen molar-refractivity contribution in [3.05, 3.63) is 42.1 Å². The first-order chi connectivity index (χ1) is 12.8. The van der Waals surface area contributed by atoms with Crippen LogP contribution in [0, 0.1) is 5.92 Å². The van der Waals surface area contributed by atoms with Gasteiger partial charge in [-0.2, -0.15) is 10.1 Å². The van der Waals surface area contributed by atoms with Crippen molar-refractivity contribution in [2.75, 3.05) is 36.0 Å². The second-order valence-corrected chi connectivity index (χ2v) is 7.22. The first-order valence-electron chi connectivity index (χ1n) is 10.0. The molecule has 1 saturated heterocycles. The first-order valence-corrected chi connectivity index (χ1v) is 10.0. The Kier molecular flexibility index (Phi) is 6.81. The van der Waals surface area contributed by atoms with Crippen LogP contribution in [0.25, 0.3) is 0 Å². The van der Waals surface area contributed by atoms with Crippen molar-refractivity contribution >= 4 is 11.8 Å². The molecular formula is C21H31N5. The summed E-state index contributed by atoms with van der Waals surface area (Å²) in [6.45, 7) is 8.46. The van der Waals surface area contributed by atoms with Crippen LogP contribution in [0.2, 0.25) is 0 Å². The highest BCUT2D eigenvalue weighted by Gasteiger charge is 2.21. The van der Waals surface area contributed by atoms with E-state index in [4.69, 9.17) is 4.98 Å². The summed E-state index contributed by atoms with van der Waals surface area (Å²) < 4.78 is 0. The third-order valence-electron chi connectivity index (χ3n) is 5.11. The molecule has 3 rings (SSSR count). The summed E-state index contributed by atoms with van der Waals surface area (Å²) in [6, 6.07) is 10.8. The van der Waals surface area contributed by atoms with Gasteiger partial charge >= 0.3 is 0 Å². The van der Waals surface area contributed by atoms with E-state index in [0.717, 1.165) is 56.7 Å². The Morgan fingerprint density at radius 1 is 1.04 bits per heavy atom. The van der Waals surface area contributed by atoms with E-state index in [1.165, 1.54) is 24.8 Å². The van der Waals surface area contributed by atoms with Crippen molar-refractivity contribution in [3.63, 3.8) is 0 Å². The predicted molar refractivity (Wildman–Crippen MR) is 108 cm³/mol. The lowest BCUT2D eigenvalue weighted by molar-refractivity contribution is 0.402. The zero-order valence-electron chi connectivity index (χ0n) is 16.1. The van der Waals surface area contributed by atoms with Gasteiger partial charge in [-0.25, -0.2) is 0 Å². The predicted octanol–water partition coefficient (Wildman–Crippen LogP) is 3.96. The Morgan fingerprint density at radius 2 is 1.73 bits per heavy atom. The summed E-state index contributed by atoms with van der Waals surface area (Å²) in [4.78, 5) is 9.44. The quantitative estimate of drug-likeness (QED) is 0.719. The number of benzene rings is 1. The molecule has 0 unspecified atom stereocenters. The summed E-state index contributed by atoms with van der Waals surface area (Å²) in [5.74, 6) is 2.52. The van der Waals surface area contributed by atoms with E-state index < -0.39 is 0 Å². The minimum atomic E-state index is 0.764. The number of rotatable bonds is 8. The number of piperidine rings is 1. The van der Waals surface area contributed by atoms with Gasteiger partial charge < -0.3 is 9.80 Å². The molecule has 26 heavy (non-hydrogen) atoms. The average Bonchev–Trinajstić information content (AvgIpc) is 2.69. The van der Waals surface area contributed by atoms with E-state index >= 15 is 0 Å². The number of hydrogen-bond acceptors (Lipinski definition) is 5. The second-order valence-electron chi connectivity index (χ2n) is 7.22. The van der Waals surface area contributed by atoms with Gasteiger partial charge in [0.25, 0.3) is 0 Å². The summed E-state index contributed by atoms with van der Waals surface area (Å²) in [5, 5.41) is 8.52. The highest BCUT2D eigenvalue weighted by atomic mass is 15.3. The lowest BCUT2D eigenvalue weighted by Crippen LogP contribution is -2.35. The maximum Gasteiger partial charge on any atom is 0.247 e. The van der Waals surface area contributed by atoms with Crippen LogP contribution >= 0.6 is 0 Å². The van der Waals surface area contributed by atoms with Gasteiger partial charge in [-0.3, -0.25) is 0 Å². The van der Waals surface area contributed by atoms with E-state index in [1.54, 1.807) is 0 Å². The maximum absolute atomic E-state index is 4.82. The number of hydrogen-bond donors (Lipinski definition) is 0. The molecule has 0 saturated carbocycles. The van der Waals surface area contributed by atoms with Crippen molar-refractivity contribution in [3.8, 4) is 0 Å². The van der Waals surface area contributed by atoms with Crippen LogP contribution in [0.4, 0.5) is 11.8 Å². The fourth-order valence-electron chi connectivity index (χ4n) is 3.74. The molecule has 140 valence electrons. The third-order valence-corrected chi connectivity index (χ3v) is 5.11. The number of anilines is 2. The first kappa shape index (κ1) is 18.6. The summed E-state index contributed by atoms with van der Waals surface area (Å²) in [7, 11) is 0. The molecule has 5 nitrogen and oxygen atoms in total. The fourth-order valence-corrected chi connectivity index (χ4v) is 3.74. The molecule has 0 spiro atoms. The SMILES string of the molecule is CCCN(CCC)c1nncc(N2CCC(Cc3ccccc3)CC2)n1. The van der Waals surface area contributed by atoms with Gasteiger partial charge in [0.2, 0.25) is 5.95 Å². The van der Waals surface area contributed by atoms with Crippen molar-refractivity contribution in [1.82, 2.24) is 15.2 Å². The topological polar surface area (TPSA) is 45.2 Å². The molecule has 1 aliphatic heterocycles. The van der Waals surface area contributed by atoms with Crippen molar-refractivity contribution < 1.29 is 0 Å². The molecule has 0 N–H and O–H groups in total. The van der Waals surface area contributed by atoms with E-state index in [1.807, 2.05) is 6.20 Å². The zero-order chi connectivity index (χ0) is 18.2. The maximum atomic E-state index is 4.82. The highest BCUT2D eigenvalue weighted by Crippen LogP contribution is 2.25. The van der Waals surface area contributed by atoms with Gasteiger partial charge in [-0.05, 0) is 43.6 Å². The Labute approximate surface area is 157 Å². The largest absolute Gasteiger partial charge is 0.355 e. The Bertz CT molecular complexity index is 646. The average molecular weight is 354 g/mol. The summed E-state index contributed by atoms with van der Waals surface area (Å²) in [5.41, 5.74) is 1.45. The molecule has 0 radical (unpaired) electrons. The Balaban J connectivity index is 1.59. The van der Waals surface area contributed by atoms with Crippen LogP contribution in [0.15, 0.2) is 36.5 Å². The number of nitrogens with zero attached hydrogens (tertiary/aromatic N) is 5. The molecule has 1 aromatic heterocycles. The monoisotopic (exact) mass is 353 g/mol. The standard InChI is InChI=1S/C21H31N5/c1-3-12-26(13-4-2)21-23-20(17-22-24-21)25-14-10-19(11-15-25)16-18-8-6-5-7-9-18/h5-9,17,19H,3-4,10-16H2,1-2H3. The molecule has 5 heteroatoms. The number of aromatic nitrogens is 3. The van der Waals surface area contributed by atoms with Gasteiger partial charge in [0.15, 0.2) is 5.82 Å². The minimum absolute atomic E-state index is 0.764. The van der Waals surface area contributed by atoms with Crippen LogP contribution in [0.1, 0.15) is 45.1 Å². The fraction of sp³-hybridized carbons (Fsp3) is 0.571. The molecule has 0 amide bonds. The lowest BCUT2D eigenvalue weighted by Gasteiger charge is -2.33. The molecule has 0 atom stereocenters. The minimum Gasteiger partial charge on any atom is -0.355 e. The molecule has 1 aromatic carbocycles. The molecule has 1 fully saturated rings. The third kappa shape index (κ3) is 4.93. The Hall–Kier alpha value is -2.17. The van der Waals surface area contributed by atoms with E-state index in [-0.39, 0.29) is 0 Å². The van der Waals surface area contributed by atoms with Gasteiger partial charge in [0.05, 0.1) is 6.20 Å². The van der Waals surface area contributed by atoms with E-state index in [2.05, 4.69) is 64.2 Å². The molecule has 1 aliphatic rings. The molecule has 0 bridgehead atoms. The van der Waals surface area contributed by atoms with Crippen LogP contribution in [0.5, 0.6) is 0 Å². The highest BCUT2D eigenvalue weighted by molar-refractivity contribution is 5.42. The Morgan fingerprint density at radius 3 is 2.38 bits per heavy atom. The van der Waals surface area contributed by atoms with Gasteiger partial charge in [-0.1, -0.05) is 44.2 Å². The van der Waals surface area contributed by atoms with Gasteiger partial charge in [0.1, 0.15) is 0 Å². The summed E-state index contributed by atoms with van der Waals surface area (Å²) >= 11 is 0. The van der Waals surface area contributed by atoms with Crippen LogP contribution in [-0.2, 0) is 6.42 Å². The van der Waals surface area contributed by atoms with Crippen molar-refractivity contribution in [1.29, 1.82) is 0 Å². The van der Waals surface area contributed by atoms with Gasteiger partial charge in [0, 0.05) is 26.2 Å². The van der Waals surface area contributed by atoms with Crippen molar-refractivity contribution in [2.24, 2.45) is 5.92 Å². The van der Waals surface area contributed by atoms with Gasteiger partial charge in [-0.15, -0.1) is 5.10 Å². The molecule has 2 heterocycles. The molecule has 2 aromatic rings. The van der Waals surface area contributed by atoms with Crippen molar-refractivity contribution in [2.45, 2.75) is 46.0 Å². The van der Waals surface area contributed by atoms with E-state index in [0.29, 0.717) is 0 Å². The van der Waals surface area contributed by atoms with E-state index in [9.17, 15) is 0 Å². The smallest absolute Gasteiger partial charge is 0.247 e.